The van der Waals surface area contributed by atoms with Crippen molar-refractivity contribution in [3.05, 3.63) is 22.7 Å². The fourth-order valence-corrected chi connectivity index (χ4v) is 2.08. The summed E-state index contributed by atoms with van der Waals surface area (Å²) in [6.07, 6.45) is 0.536. The van der Waals surface area contributed by atoms with Gasteiger partial charge in [0.15, 0.2) is 0 Å². The average molecular weight is 300 g/mol. The van der Waals surface area contributed by atoms with Crippen LogP contribution in [-0.2, 0) is 16.0 Å². The van der Waals surface area contributed by atoms with E-state index in [4.69, 9.17) is 21.1 Å². The molecule has 0 aromatic heterocycles. The molecule has 1 rings (SSSR count). The normalized spacial score (nSPS) is 11.7. The van der Waals surface area contributed by atoms with E-state index in [9.17, 15) is 9.59 Å². The van der Waals surface area contributed by atoms with Gasteiger partial charge in [-0.2, -0.15) is 0 Å². The van der Waals surface area contributed by atoms with Gasteiger partial charge in [0, 0.05) is 26.0 Å². The van der Waals surface area contributed by atoms with Gasteiger partial charge in [-0.3, -0.25) is 9.59 Å². The van der Waals surface area contributed by atoms with Crippen molar-refractivity contribution in [3.63, 3.8) is 0 Å². The molecule has 0 radical (unpaired) electrons. The maximum atomic E-state index is 11.0. The van der Waals surface area contributed by atoms with Gasteiger partial charge in [-0.15, -0.1) is 0 Å². The summed E-state index contributed by atoms with van der Waals surface area (Å²) in [5.74, 6) is 0.316. The van der Waals surface area contributed by atoms with Crippen LogP contribution in [0.1, 0.15) is 26.3 Å². The Morgan fingerprint density at radius 2 is 1.95 bits per heavy atom. The van der Waals surface area contributed by atoms with E-state index in [1.54, 1.807) is 12.1 Å². The standard InChI is InChI=1S/C14H18ClNO4/c1-8(16-9(2)17)5-11-6-14(20-10(3)18)12(15)7-13(11)19-4/h6-8H,5H2,1-4H3,(H,16,17). The van der Waals surface area contributed by atoms with Crippen LogP contribution in [0.25, 0.3) is 0 Å². The number of carbonyl (C=O) groups excluding carboxylic acids is 2. The third kappa shape index (κ3) is 4.74. The molecule has 1 amide bonds. The highest BCUT2D eigenvalue weighted by Crippen LogP contribution is 2.33. The van der Waals surface area contributed by atoms with Gasteiger partial charge >= 0.3 is 5.97 Å². The maximum Gasteiger partial charge on any atom is 0.308 e. The van der Waals surface area contributed by atoms with Gasteiger partial charge in [-0.05, 0) is 25.0 Å². The molecule has 0 heterocycles. The highest BCUT2D eigenvalue weighted by atomic mass is 35.5. The highest BCUT2D eigenvalue weighted by molar-refractivity contribution is 6.32. The Balaban J connectivity index is 3.03. The lowest BCUT2D eigenvalue weighted by Crippen LogP contribution is -2.32. The van der Waals surface area contributed by atoms with Gasteiger partial charge in [0.1, 0.15) is 11.5 Å². The zero-order valence-corrected chi connectivity index (χ0v) is 12.7. The summed E-state index contributed by atoms with van der Waals surface area (Å²) in [7, 11) is 1.53. The molecule has 0 spiro atoms. The molecule has 0 aliphatic heterocycles. The molecular weight excluding hydrogens is 282 g/mol. The Morgan fingerprint density at radius 3 is 2.45 bits per heavy atom. The number of rotatable bonds is 5. The van der Waals surface area contributed by atoms with Crippen molar-refractivity contribution in [1.29, 1.82) is 0 Å². The molecule has 0 bridgehead atoms. The molecule has 1 aromatic carbocycles. The van der Waals surface area contributed by atoms with Crippen molar-refractivity contribution in [2.45, 2.75) is 33.2 Å². The Morgan fingerprint density at radius 1 is 1.30 bits per heavy atom. The number of carbonyl (C=O) groups is 2. The van der Waals surface area contributed by atoms with E-state index in [2.05, 4.69) is 5.32 Å². The average Bonchev–Trinajstić information content (AvgIpc) is 2.31. The number of methoxy groups -OCH3 is 1. The number of esters is 1. The number of halogens is 1. The van der Waals surface area contributed by atoms with E-state index >= 15 is 0 Å². The fraction of sp³-hybridized carbons (Fsp3) is 0.429. The molecule has 110 valence electrons. The van der Waals surface area contributed by atoms with E-state index in [0.717, 1.165) is 5.56 Å². The molecule has 0 aliphatic rings. The van der Waals surface area contributed by atoms with Gasteiger partial charge in [0.25, 0.3) is 0 Å². The fourth-order valence-electron chi connectivity index (χ4n) is 1.89. The first kappa shape index (κ1) is 16.3. The van der Waals surface area contributed by atoms with Crippen molar-refractivity contribution in [2.24, 2.45) is 0 Å². The van der Waals surface area contributed by atoms with Crippen LogP contribution < -0.4 is 14.8 Å². The Bertz CT molecular complexity index is 516. The van der Waals surface area contributed by atoms with Crippen LogP contribution in [0.3, 0.4) is 0 Å². The highest BCUT2D eigenvalue weighted by Gasteiger charge is 2.14. The number of nitrogens with one attached hydrogen (secondary N) is 1. The molecule has 1 atom stereocenters. The van der Waals surface area contributed by atoms with Gasteiger partial charge in [0.05, 0.1) is 12.1 Å². The molecule has 20 heavy (non-hydrogen) atoms. The first-order chi connectivity index (χ1) is 9.33. The van der Waals surface area contributed by atoms with E-state index in [1.165, 1.54) is 21.0 Å². The SMILES string of the molecule is COc1cc(Cl)c(OC(C)=O)cc1CC(C)NC(C)=O. The second-order valence-electron chi connectivity index (χ2n) is 4.49. The van der Waals surface area contributed by atoms with E-state index < -0.39 is 5.97 Å². The minimum atomic E-state index is -0.446. The van der Waals surface area contributed by atoms with Gasteiger partial charge in [-0.25, -0.2) is 0 Å². The Kier molecular flexibility index (Phi) is 5.82. The minimum absolute atomic E-state index is 0.0762. The first-order valence-electron chi connectivity index (χ1n) is 6.15. The summed E-state index contributed by atoms with van der Waals surface area (Å²) in [6, 6.07) is 3.17. The summed E-state index contributed by atoms with van der Waals surface area (Å²) in [5, 5.41) is 3.08. The van der Waals surface area contributed by atoms with Crippen LogP contribution in [0.2, 0.25) is 5.02 Å². The maximum absolute atomic E-state index is 11.0. The molecule has 1 unspecified atom stereocenters. The Labute approximate surface area is 123 Å². The Hall–Kier alpha value is -1.75. The van der Waals surface area contributed by atoms with Crippen LogP contribution in [0, 0.1) is 0 Å². The zero-order valence-electron chi connectivity index (χ0n) is 12.0. The lowest BCUT2D eigenvalue weighted by molar-refractivity contribution is -0.131. The van der Waals surface area contributed by atoms with Crippen molar-refractivity contribution in [3.8, 4) is 11.5 Å². The number of ether oxygens (including phenoxy) is 2. The molecule has 1 aromatic rings. The summed E-state index contributed by atoms with van der Waals surface area (Å²) < 4.78 is 10.3. The molecule has 0 saturated heterocycles. The molecule has 0 aliphatic carbocycles. The van der Waals surface area contributed by atoms with Gasteiger partial charge in [0.2, 0.25) is 5.91 Å². The van der Waals surface area contributed by atoms with Crippen molar-refractivity contribution in [2.75, 3.05) is 7.11 Å². The molecular formula is C14H18ClNO4. The summed E-state index contributed by atoms with van der Waals surface area (Å²) in [5.41, 5.74) is 0.800. The predicted octanol–water partition coefficient (Wildman–Crippen LogP) is 2.34. The predicted molar refractivity (Wildman–Crippen MR) is 76.3 cm³/mol. The van der Waals surface area contributed by atoms with E-state index in [1.807, 2.05) is 6.92 Å². The number of hydrogen-bond donors (Lipinski definition) is 1. The summed E-state index contributed by atoms with van der Waals surface area (Å²) in [6.45, 7) is 4.64. The second kappa shape index (κ2) is 7.14. The van der Waals surface area contributed by atoms with Crippen molar-refractivity contribution >= 4 is 23.5 Å². The molecule has 0 saturated carbocycles. The van der Waals surface area contributed by atoms with Crippen LogP contribution in [0.15, 0.2) is 12.1 Å². The van der Waals surface area contributed by atoms with Crippen LogP contribution in [0.4, 0.5) is 0 Å². The van der Waals surface area contributed by atoms with E-state index in [-0.39, 0.29) is 17.7 Å². The van der Waals surface area contributed by atoms with Gasteiger partial charge < -0.3 is 14.8 Å². The lowest BCUT2D eigenvalue weighted by atomic mass is 10.1. The monoisotopic (exact) mass is 299 g/mol. The first-order valence-corrected chi connectivity index (χ1v) is 6.53. The van der Waals surface area contributed by atoms with E-state index in [0.29, 0.717) is 17.2 Å². The van der Waals surface area contributed by atoms with Crippen LogP contribution >= 0.6 is 11.6 Å². The summed E-state index contributed by atoms with van der Waals surface area (Å²) >= 11 is 6.02. The third-order valence-corrected chi connectivity index (χ3v) is 2.86. The van der Waals surface area contributed by atoms with Gasteiger partial charge in [-0.1, -0.05) is 11.6 Å². The number of benzene rings is 1. The molecule has 0 fully saturated rings. The number of amides is 1. The smallest absolute Gasteiger partial charge is 0.308 e. The molecule has 5 nitrogen and oxygen atoms in total. The number of hydrogen-bond acceptors (Lipinski definition) is 4. The minimum Gasteiger partial charge on any atom is -0.496 e. The van der Waals surface area contributed by atoms with Crippen molar-refractivity contribution in [1.82, 2.24) is 5.32 Å². The second-order valence-corrected chi connectivity index (χ2v) is 4.90. The van der Waals surface area contributed by atoms with Crippen LogP contribution in [-0.4, -0.2) is 25.0 Å². The topological polar surface area (TPSA) is 64.6 Å². The van der Waals surface area contributed by atoms with Crippen LogP contribution in [0.5, 0.6) is 11.5 Å². The molecule has 1 N–H and O–H groups in total. The zero-order chi connectivity index (χ0) is 15.3. The third-order valence-electron chi connectivity index (χ3n) is 2.56. The summed E-state index contributed by atoms with van der Waals surface area (Å²) in [4.78, 5) is 22.1. The largest absolute Gasteiger partial charge is 0.496 e. The lowest BCUT2D eigenvalue weighted by Gasteiger charge is -2.16. The molecule has 6 heteroatoms. The quantitative estimate of drug-likeness (QED) is 0.669. The van der Waals surface area contributed by atoms with Crippen molar-refractivity contribution < 1.29 is 19.1 Å².